The van der Waals surface area contributed by atoms with Crippen molar-refractivity contribution in [3.8, 4) is 11.1 Å². The number of rotatable bonds is 7. The van der Waals surface area contributed by atoms with Crippen LogP contribution in [0.2, 0.25) is 0 Å². The van der Waals surface area contributed by atoms with E-state index in [9.17, 15) is 27.6 Å². The first-order valence-corrected chi connectivity index (χ1v) is 10.6. The molecule has 1 aromatic heterocycles. The van der Waals surface area contributed by atoms with Crippen molar-refractivity contribution < 1.29 is 32.7 Å². The maximum absolute atomic E-state index is 13.6. The van der Waals surface area contributed by atoms with E-state index in [1.165, 1.54) is 25.1 Å². The fourth-order valence-corrected chi connectivity index (χ4v) is 3.60. The van der Waals surface area contributed by atoms with E-state index in [0.717, 1.165) is 17.3 Å². The molecule has 2 aromatic carbocycles. The van der Waals surface area contributed by atoms with Gasteiger partial charge in [-0.15, -0.1) is 0 Å². The number of hydrogen-bond donors (Lipinski definition) is 3. The van der Waals surface area contributed by atoms with Gasteiger partial charge in [-0.25, -0.2) is 4.79 Å². The number of nitrogens with one attached hydrogen (secondary N) is 2. The number of hydrogen-bond acceptors (Lipinski definition) is 5. The van der Waals surface area contributed by atoms with E-state index in [4.69, 9.17) is 5.11 Å². The number of nitrogens with zero attached hydrogens (tertiary/aromatic N) is 2. The van der Waals surface area contributed by atoms with E-state index < -0.39 is 41.6 Å². The smallest absolute Gasteiger partial charge is 0.418 e. The zero-order valence-corrected chi connectivity index (χ0v) is 19.6. The lowest BCUT2D eigenvalue weighted by Crippen LogP contribution is -2.21. The van der Waals surface area contributed by atoms with E-state index in [1.807, 2.05) is 18.3 Å². The molecule has 0 bridgehead atoms. The topological polar surface area (TPSA) is 112 Å². The van der Waals surface area contributed by atoms with Crippen LogP contribution in [-0.2, 0) is 11.0 Å². The summed E-state index contributed by atoms with van der Waals surface area (Å²) in [5.41, 5.74) is 0.429. The number of anilines is 3. The second kappa shape index (κ2) is 10.5. The Morgan fingerprint density at radius 1 is 1.00 bits per heavy atom. The van der Waals surface area contributed by atoms with Crippen LogP contribution < -0.4 is 15.5 Å². The number of amides is 2. The number of pyridine rings is 1. The summed E-state index contributed by atoms with van der Waals surface area (Å²) in [6.07, 6.45) is -5.34. The van der Waals surface area contributed by atoms with Gasteiger partial charge in [0, 0.05) is 37.1 Å². The van der Waals surface area contributed by atoms with Crippen molar-refractivity contribution >= 4 is 34.8 Å². The van der Waals surface area contributed by atoms with Gasteiger partial charge in [0.15, 0.2) is 5.78 Å². The van der Waals surface area contributed by atoms with Crippen LogP contribution in [0.4, 0.5) is 35.0 Å². The highest BCUT2D eigenvalue weighted by Gasteiger charge is 2.35. The molecule has 3 aromatic rings. The van der Waals surface area contributed by atoms with E-state index >= 15 is 0 Å². The van der Waals surface area contributed by atoms with Crippen molar-refractivity contribution in [1.29, 1.82) is 0 Å². The van der Waals surface area contributed by atoms with Crippen LogP contribution in [0.1, 0.15) is 28.0 Å². The first kappa shape index (κ1) is 26.2. The van der Waals surface area contributed by atoms with Crippen molar-refractivity contribution in [2.45, 2.75) is 19.5 Å². The van der Waals surface area contributed by atoms with Crippen LogP contribution in [0.25, 0.3) is 11.1 Å². The maximum Gasteiger partial charge on any atom is 0.418 e. The van der Waals surface area contributed by atoms with Gasteiger partial charge in [-0.3, -0.25) is 19.9 Å². The predicted molar refractivity (Wildman–Crippen MR) is 129 cm³/mol. The van der Waals surface area contributed by atoms with Crippen LogP contribution in [-0.4, -0.2) is 42.0 Å². The number of halogens is 3. The van der Waals surface area contributed by atoms with E-state index in [0.29, 0.717) is 11.6 Å². The highest BCUT2D eigenvalue weighted by atomic mass is 19.4. The average Bonchev–Trinajstić information content (AvgIpc) is 2.79. The minimum atomic E-state index is -4.78. The molecule has 0 fully saturated rings. The molecular formula is C25H23F3N4O4. The second-order valence-electron chi connectivity index (χ2n) is 8.10. The number of ketones is 1. The number of Topliss-reactive ketones (excluding diaryl/α,β-unsaturated/α-hetero) is 1. The summed E-state index contributed by atoms with van der Waals surface area (Å²) in [4.78, 5) is 42.0. The second-order valence-corrected chi connectivity index (χ2v) is 8.10. The lowest BCUT2D eigenvalue weighted by molar-refractivity contribution is -0.137. The third kappa shape index (κ3) is 6.17. The summed E-state index contributed by atoms with van der Waals surface area (Å²) in [5, 5.41) is 13.3. The first-order chi connectivity index (χ1) is 16.9. The molecule has 0 aliphatic carbocycles. The van der Waals surface area contributed by atoms with Crippen LogP contribution in [0.5, 0.6) is 0 Å². The molecule has 0 atom stereocenters. The molecule has 0 aliphatic rings. The zero-order chi connectivity index (χ0) is 26.6. The van der Waals surface area contributed by atoms with Crippen LogP contribution in [0.3, 0.4) is 0 Å². The van der Waals surface area contributed by atoms with E-state index in [2.05, 4.69) is 10.3 Å². The summed E-state index contributed by atoms with van der Waals surface area (Å²) in [7, 11) is 2.74. The third-order valence-electron chi connectivity index (χ3n) is 5.26. The quantitative estimate of drug-likeness (QED) is 0.294. The van der Waals surface area contributed by atoms with E-state index in [-0.39, 0.29) is 16.9 Å². The molecule has 36 heavy (non-hydrogen) atoms. The molecule has 0 aliphatic heterocycles. The zero-order valence-electron chi connectivity index (χ0n) is 19.6. The molecular weight excluding hydrogens is 477 g/mol. The molecule has 2 amide bonds. The summed E-state index contributed by atoms with van der Waals surface area (Å²) in [5.74, 6) is -1.47. The number of carbonyl (C=O) groups excluding carboxylic acids is 2. The Morgan fingerprint density at radius 3 is 2.31 bits per heavy atom. The lowest BCUT2D eigenvalue weighted by atomic mass is 9.99. The molecule has 8 nitrogen and oxygen atoms in total. The minimum Gasteiger partial charge on any atom is -0.465 e. The lowest BCUT2D eigenvalue weighted by Gasteiger charge is -2.22. The van der Waals surface area contributed by atoms with Crippen molar-refractivity contribution in [2.24, 2.45) is 0 Å². The largest absolute Gasteiger partial charge is 0.465 e. The normalized spacial score (nSPS) is 11.1. The minimum absolute atomic E-state index is 0.230. The number of alkyl halides is 3. The standard InChI is InChI=1S/C25H23F3N4O4/c1-14-17(8-5-9-29-14)15-6-4-7-16(10-15)22(33)13-23(34)30-19-11-18(25(26,27)28)21(32(2)3)12-20(19)31-24(35)36/h4-12,31H,13H2,1-3H3,(H,30,34)(H,35,36). The molecule has 0 spiro atoms. The molecule has 0 saturated heterocycles. The monoisotopic (exact) mass is 500 g/mol. The van der Waals surface area contributed by atoms with Gasteiger partial charge >= 0.3 is 12.3 Å². The fourth-order valence-electron chi connectivity index (χ4n) is 3.60. The summed E-state index contributed by atoms with van der Waals surface area (Å²) < 4.78 is 40.9. The van der Waals surface area contributed by atoms with Gasteiger partial charge in [0.1, 0.15) is 0 Å². The van der Waals surface area contributed by atoms with Gasteiger partial charge in [-0.05, 0) is 36.8 Å². The number of aromatic nitrogens is 1. The molecule has 11 heteroatoms. The van der Waals surface area contributed by atoms with Gasteiger partial charge in [-0.2, -0.15) is 13.2 Å². The van der Waals surface area contributed by atoms with Gasteiger partial charge < -0.3 is 15.3 Å². The van der Waals surface area contributed by atoms with E-state index in [1.54, 1.807) is 30.5 Å². The van der Waals surface area contributed by atoms with Crippen molar-refractivity contribution in [2.75, 3.05) is 29.6 Å². The molecule has 0 saturated carbocycles. The van der Waals surface area contributed by atoms with Gasteiger partial charge in [0.2, 0.25) is 5.91 Å². The summed E-state index contributed by atoms with van der Waals surface area (Å²) in [6.45, 7) is 1.82. The predicted octanol–water partition coefficient (Wildman–Crippen LogP) is 5.44. The molecule has 188 valence electrons. The van der Waals surface area contributed by atoms with Gasteiger partial charge in [-0.1, -0.05) is 24.3 Å². The fraction of sp³-hybridized carbons (Fsp3) is 0.200. The van der Waals surface area contributed by atoms with Gasteiger partial charge in [0.05, 0.1) is 29.0 Å². The van der Waals surface area contributed by atoms with Crippen molar-refractivity contribution in [1.82, 2.24) is 4.98 Å². The molecule has 3 N–H and O–H groups in total. The van der Waals surface area contributed by atoms with Crippen molar-refractivity contribution in [3.05, 3.63) is 71.5 Å². The Labute approximate surface area is 204 Å². The Kier molecular flexibility index (Phi) is 7.62. The first-order valence-electron chi connectivity index (χ1n) is 10.6. The molecule has 3 rings (SSSR count). The Hall–Kier alpha value is -4.41. The number of carbonyl (C=O) groups is 3. The highest BCUT2D eigenvalue weighted by Crippen LogP contribution is 2.41. The maximum atomic E-state index is 13.6. The van der Waals surface area contributed by atoms with Crippen LogP contribution in [0.15, 0.2) is 54.7 Å². The molecule has 1 heterocycles. The average molecular weight is 500 g/mol. The Morgan fingerprint density at radius 2 is 1.69 bits per heavy atom. The summed E-state index contributed by atoms with van der Waals surface area (Å²) >= 11 is 0. The Balaban J connectivity index is 1.87. The molecule has 0 radical (unpaired) electrons. The number of aryl methyl sites for hydroxylation is 1. The number of benzene rings is 2. The van der Waals surface area contributed by atoms with Crippen molar-refractivity contribution in [3.63, 3.8) is 0 Å². The summed E-state index contributed by atoms with van der Waals surface area (Å²) in [6, 6.07) is 11.8. The molecule has 0 unspecified atom stereocenters. The SMILES string of the molecule is Cc1ncccc1-c1cccc(C(=O)CC(=O)Nc2cc(C(F)(F)F)c(N(C)C)cc2NC(=O)O)c1. The van der Waals surface area contributed by atoms with Gasteiger partial charge in [0.25, 0.3) is 0 Å². The Bertz CT molecular complexity index is 1320. The highest BCUT2D eigenvalue weighted by molar-refractivity contribution is 6.12. The third-order valence-corrected chi connectivity index (χ3v) is 5.26. The number of carboxylic acid groups (broad SMARTS) is 1. The van der Waals surface area contributed by atoms with Crippen LogP contribution >= 0.6 is 0 Å². The van der Waals surface area contributed by atoms with Crippen LogP contribution in [0, 0.1) is 6.92 Å².